The summed E-state index contributed by atoms with van der Waals surface area (Å²) in [4.78, 5) is 33.7. The van der Waals surface area contributed by atoms with Gasteiger partial charge < -0.3 is 4.90 Å². The minimum absolute atomic E-state index is 0.232. The Morgan fingerprint density at radius 2 is 1.74 bits per heavy atom. The van der Waals surface area contributed by atoms with Crippen LogP contribution in [-0.2, 0) is 11.3 Å². The number of halogens is 3. The van der Waals surface area contributed by atoms with Gasteiger partial charge in [-0.1, -0.05) is 80.8 Å². The van der Waals surface area contributed by atoms with Crippen LogP contribution in [0.2, 0.25) is 10.0 Å². The molecule has 1 aliphatic heterocycles. The van der Waals surface area contributed by atoms with Crippen molar-refractivity contribution in [1.82, 2.24) is 14.6 Å². The van der Waals surface area contributed by atoms with Crippen molar-refractivity contribution in [2.24, 2.45) is 0 Å². The predicted molar refractivity (Wildman–Crippen MR) is 142 cm³/mol. The number of nitrogens with zero attached hydrogens (tertiary/aromatic N) is 4. The summed E-state index contributed by atoms with van der Waals surface area (Å²) in [6.45, 7) is 0.395. The summed E-state index contributed by atoms with van der Waals surface area (Å²) in [7, 11) is 0. The molecule has 0 bridgehead atoms. The van der Waals surface area contributed by atoms with E-state index in [0.29, 0.717) is 48.6 Å². The molecule has 1 amide bonds. The molecule has 3 heterocycles. The van der Waals surface area contributed by atoms with Crippen LogP contribution in [0.3, 0.4) is 0 Å². The lowest BCUT2D eigenvalue weighted by Crippen LogP contribution is -2.32. The SMILES string of the molecule is O=C1C(=c2sc3nc(-c4ccc(Cl)cc4Cl)nn3c2=O)c2cc(Br)ccc2N1Cc1ccccc1. The minimum atomic E-state index is -0.398. The molecule has 0 aliphatic carbocycles. The van der Waals surface area contributed by atoms with Gasteiger partial charge in [-0.25, -0.2) is 0 Å². The maximum absolute atomic E-state index is 13.7. The summed E-state index contributed by atoms with van der Waals surface area (Å²) in [6.07, 6.45) is 0. The highest BCUT2D eigenvalue weighted by molar-refractivity contribution is 9.10. The van der Waals surface area contributed by atoms with E-state index in [0.717, 1.165) is 27.1 Å². The van der Waals surface area contributed by atoms with Gasteiger partial charge in [-0.2, -0.15) is 9.50 Å². The van der Waals surface area contributed by atoms with Gasteiger partial charge in [0.1, 0.15) is 4.53 Å². The van der Waals surface area contributed by atoms with Crippen LogP contribution in [0.5, 0.6) is 0 Å². The summed E-state index contributed by atoms with van der Waals surface area (Å²) in [5.41, 5.74) is 2.97. The quantitative estimate of drug-likeness (QED) is 0.287. The third kappa shape index (κ3) is 3.77. The topological polar surface area (TPSA) is 67.6 Å². The van der Waals surface area contributed by atoms with Crippen molar-refractivity contribution in [1.29, 1.82) is 0 Å². The van der Waals surface area contributed by atoms with E-state index in [1.165, 1.54) is 4.52 Å². The van der Waals surface area contributed by atoms with Crippen molar-refractivity contribution >= 4 is 72.6 Å². The van der Waals surface area contributed by atoms with Crippen molar-refractivity contribution in [3.8, 4) is 11.4 Å². The summed E-state index contributed by atoms with van der Waals surface area (Å²) in [6, 6.07) is 20.4. The molecular formula is C25H13BrCl2N4O2S. The van der Waals surface area contributed by atoms with Crippen LogP contribution in [0.25, 0.3) is 21.9 Å². The fourth-order valence-electron chi connectivity index (χ4n) is 4.12. The van der Waals surface area contributed by atoms with E-state index in [1.54, 1.807) is 23.1 Å². The second-order valence-electron chi connectivity index (χ2n) is 7.90. The van der Waals surface area contributed by atoms with E-state index in [1.807, 2.05) is 48.5 Å². The summed E-state index contributed by atoms with van der Waals surface area (Å²) in [5.74, 6) is 0.0858. The van der Waals surface area contributed by atoms with E-state index in [9.17, 15) is 9.59 Å². The molecule has 0 spiro atoms. The maximum atomic E-state index is 13.7. The molecule has 2 aromatic heterocycles. The molecular weight excluding hydrogens is 571 g/mol. The lowest BCUT2D eigenvalue weighted by molar-refractivity contribution is -0.113. The predicted octanol–water partition coefficient (Wildman–Crippen LogP) is 5.35. The average Bonchev–Trinajstić information content (AvgIpc) is 3.45. The van der Waals surface area contributed by atoms with E-state index in [4.69, 9.17) is 23.2 Å². The maximum Gasteiger partial charge on any atom is 0.291 e. The zero-order valence-corrected chi connectivity index (χ0v) is 21.6. The van der Waals surface area contributed by atoms with Crippen LogP contribution in [-0.4, -0.2) is 20.5 Å². The number of amides is 1. The molecule has 0 N–H and O–H groups in total. The van der Waals surface area contributed by atoms with Gasteiger partial charge in [0.15, 0.2) is 5.82 Å². The normalized spacial score (nSPS) is 14.7. The highest BCUT2D eigenvalue weighted by Gasteiger charge is 2.34. The van der Waals surface area contributed by atoms with Crippen LogP contribution in [0, 0.1) is 0 Å². The largest absolute Gasteiger partial charge is 0.303 e. The van der Waals surface area contributed by atoms with E-state index in [-0.39, 0.29) is 5.91 Å². The number of carbonyl (C=O) groups excluding carboxylic acids is 1. The third-order valence-corrected chi connectivity index (χ3v) is 7.79. The number of aromatic nitrogens is 3. The lowest BCUT2D eigenvalue weighted by Gasteiger charge is -2.17. The molecule has 6 rings (SSSR count). The molecule has 35 heavy (non-hydrogen) atoms. The number of fused-ring (bicyclic) bond motifs is 2. The first-order valence-electron chi connectivity index (χ1n) is 10.5. The third-order valence-electron chi connectivity index (χ3n) is 5.72. The number of thiazole rings is 1. The van der Waals surface area contributed by atoms with Gasteiger partial charge in [-0.3, -0.25) is 9.59 Å². The second kappa shape index (κ2) is 8.57. The van der Waals surface area contributed by atoms with Crippen LogP contribution in [0.1, 0.15) is 11.1 Å². The summed E-state index contributed by atoms with van der Waals surface area (Å²) < 4.78 is 2.33. The Morgan fingerprint density at radius 3 is 2.49 bits per heavy atom. The fraction of sp³-hybridized carbons (Fsp3) is 0.0400. The zero-order chi connectivity index (χ0) is 24.3. The fourth-order valence-corrected chi connectivity index (χ4v) is 5.97. The number of hydrogen-bond acceptors (Lipinski definition) is 5. The average molecular weight is 584 g/mol. The van der Waals surface area contributed by atoms with Crippen molar-refractivity contribution in [2.75, 3.05) is 4.90 Å². The molecule has 0 atom stereocenters. The second-order valence-corrected chi connectivity index (χ2v) is 10.6. The summed E-state index contributed by atoms with van der Waals surface area (Å²) >= 11 is 16.9. The number of hydrogen-bond donors (Lipinski definition) is 0. The van der Waals surface area contributed by atoms with Crippen LogP contribution < -0.4 is 15.0 Å². The molecule has 0 saturated heterocycles. The van der Waals surface area contributed by atoms with Gasteiger partial charge in [-0.05, 0) is 42.0 Å². The van der Waals surface area contributed by atoms with Crippen LogP contribution in [0.15, 0.2) is 76.0 Å². The Labute approximate surface area is 221 Å². The standard InChI is InChI=1S/C25H13BrCl2N4O2S/c26-14-6-9-19-17(10-14)20(23(33)31(19)12-13-4-2-1-3-5-13)21-24(34)32-25(35-21)29-22(30-32)16-8-7-15(27)11-18(16)28/h1-11H,12H2. The van der Waals surface area contributed by atoms with Gasteiger partial charge >= 0.3 is 0 Å². The van der Waals surface area contributed by atoms with E-state index >= 15 is 0 Å². The van der Waals surface area contributed by atoms with Crippen molar-refractivity contribution in [2.45, 2.75) is 6.54 Å². The molecule has 3 aromatic carbocycles. The lowest BCUT2D eigenvalue weighted by atomic mass is 10.1. The Morgan fingerprint density at radius 1 is 0.943 bits per heavy atom. The Bertz CT molecular complexity index is 1770. The van der Waals surface area contributed by atoms with E-state index < -0.39 is 5.56 Å². The van der Waals surface area contributed by atoms with Gasteiger partial charge in [0.05, 0.1) is 22.8 Å². The van der Waals surface area contributed by atoms with Crippen LogP contribution >= 0.6 is 50.5 Å². The molecule has 172 valence electrons. The number of benzene rings is 3. The molecule has 0 saturated carbocycles. The molecule has 0 radical (unpaired) electrons. The van der Waals surface area contributed by atoms with Gasteiger partial charge in [0.2, 0.25) is 4.96 Å². The molecule has 0 unspecified atom stereocenters. The van der Waals surface area contributed by atoms with E-state index in [2.05, 4.69) is 26.0 Å². The Hall–Kier alpha value is -3.04. The van der Waals surface area contributed by atoms with Crippen LogP contribution in [0.4, 0.5) is 5.69 Å². The first-order chi connectivity index (χ1) is 16.9. The van der Waals surface area contributed by atoms with Gasteiger partial charge in [0.25, 0.3) is 11.5 Å². The molecule has 10 heteroatoms. The molecule has 1 aliphatic rings. The molecule has 0 fully saturated rings. The van der Waals surface area contributed by atoms with Crippen molar-refractivity contribution in [3.05, 3.63) is 107 Å². The first kappa shape index (κ1) is 22.4. The number of carbonyl (C=O) groups is 1. The number of anilines is 1. The smallest absolute Gasteiger partial charge is 0.291 e. The number of rotatable bonds is 3. The highest BCUT2D eigenvalue weighted by Crippen LogP contribution is 2.38. The zero-order valence-electron chi connectivity index (χ0n) is 17.7. The highest BCUT2D eigenvalue weighted by atomic mass is 79.9. The van der Waals surface area contributed by atoms with Crippen molar-refractivity contribution in [3.63, 3.8) is 0 Å². The summed E-state index contributed by atoms with van der Waals surface area (Å²) in [5, 5.41) is 5.26. The minimum Gasteiger partial charge on any atom is -0.303 e. The van der Waals surface area contributed by atoms with Gasteiger partial charge in [-0.15, -0.1) is 5.10 Å². The molecule has 6 nitrogen and oxygen atoms in total. The monoisotopic (exact) mass is 582 g/mol. The van der Waals surface area contributed by atoms with Gasteiger partial charge in [0, 0.05) is 20.6 Å². The molecule has 5 aromatic rings. The first-order valence-corrected chi connectivity index (χ1v) is 12.8. The van der Waals surface area contributed by atoms with Crippen molar-refractivity contribution < 1.29 is 4.79 Å². The Kier molecular flexibility index (Phi) is 5.49. The Balaban J connectivity index is 1.52.